The summed E-state index contributed by atoms with van der Waals surface area (Å²) in [5, 5.41) is 16.6. The number of anilines is 2. The van der Waals surface area contributed by atoms with E-state index in [1.807, 2.05) is 0 Å². The smallest absolute Gasteiger partial charge is 0.269 e. The van der Waals surface area contributed by atoms with Crippen molar-refractivity contribution in [3.8, 4) is 0 Å². The number of non-ortho nitro benzene ring substituents is 1. The molecule has 0 aliphatic heterocycles. The summed E-state index contributed by atoms with van der Waals surface area (Å²) < 4.78 is 0. The molecule has 3 rings (SSSR count). The van der Waals surface area contributed by atoms with E-state index in [2.05, 4.69) is 15.6 Å². The highest BCUT2D eigenvalue weighted by Gasteiger charge is 2.10. The zero-order chi connectivity index (χ0) is 21.5. The van der Waals surface area contributed by atoms with Crippen molar-refractivity contribution in [3.63, 3.8) is 0 Å². The van der Waals surface area contributed by atoms with Gasteiger partial charge in [-0.15, -0.1) is 11.8 Å². The number of carbonyl (C=O) groups excluding carboxylic acids is 2. The lowest BCUT2D eigenvalue weighted by Crippen LogP contribution is -2.14. The minimum Gasteiger partial charge on any atom is -0.322 e. The van der Waals surface area contributed by atoms with E-state index >= 15 is 0 Å². The number of pyridine rings is 1. The molecule has 152 valence electrons. The molecule has 0 saturated carbocycles. The van der Waals surface area contributed by atoms with E-state index in [1.165, 1.54) is 42.2 Å². The zero-order valence-electron chi connectivity index (χ0n) is 15.4. The summed E-state index contributed by atoms with van der Waals surface area (Å²) in [6.07, 6.45) is 1.45. The minimum absolute atomic E-state index is 0.0798. The van der Waals surface area contributed by atoms with Crippen molar-refractivity contribution in [1.82, 2.24) is 4.98 Å². The van der Waals surface area contributed by atoms with Crippen LogP contribution in [0.15, 0.2) is 71.8 Å². The van der Waals surface area contributed by atoms with Crippen molar-refractivity contribution in [2.24, 2.45) is 0 Å². The summed E-state index contributed by atoms with van der Waals surface area (Å²) in [4.78, 5) is 39.2. The van der Waals surface area contributed by atoms with Gasteiger partial charge >= 0.3 is 0 Å². The summed E-state index contributed by atoms with van der Waals surface area (Å²) in [6.45, 7) is 0. The number of carbonyl (C=O) groups is 2. The normalized spacial score (nSPS) is 10.3. The second-order valence-corrected chi connectivity index (χ2v) is 7.47. The summed E-state index contributed by atoms with van der Waals surface area (Å²) in [5.41, 5.74) is 0.799. The number of aromatic nitrogens is 1. The Morgan fingerprint density at radius 3 is 2.30 bits per heavy atom. The molecule has 10 heteroatoms. The van der Waals surface area contributed by atoms with Crippen LogP contribution < -0.4 is 10.6 Å². The molecule has 3 aromatic rings. The summed E-state index contributed by atoms with van der Waals surface area (Å²) in [7, 11) is 0. The Hall–Kier alpha value is -3.43. The molecular formula is C20H15ClN4O4S. The molecular weight excluding hydrogens is 428 g/mol. The Balaban J connectivity index is 1.50. The average molecular weight is 443 g/mol. The van der Waals surface area contributed by atoms with Crippen LogP contribution in [-0.4, -0.2) is 27.5 Å². The molecule has 2 aromatic carbocycles. The second-order valence-electron chi connectivity index (χ2n) is 5.98. The molecule has 8 nitrogen and oxygen atoms in total. The van der Waals surface area contributed by atoms with Crippen LogP contribution in [-0.2, 0) is 4.79 Å². The maximum absolute atomic E-state index is 12.2. The van der Waals surface area contributed by atoms with E-state index in [0.717, 1.165) is 4.90 Å². The van der Waals surface area contributed by atoms with Gasteiger partial charge in [0.2, 0.25) is 5.91 Å². The van der Waals surface area contributed by atoms with E-state index in [4.69, 9.17) is 11.6 Å². The molecule has 0 aliphatic rings. The third kappa shape index (κ3) is 6.03. The van der Waals surface area contributed by atoms with Gasteiger partial charge in [0, 0.05) is 34.5 Å². The number of benzene rings is 2. The maximum atomic E-state index is 12.2. The Kier molecular flexibility index (Phi) is 6.99. The summed E-state index contributed by atoms with van der Waals surface area (Å²) in [6, 6.07) is 15.6. The van der Waals surface area contributed by atoms with Crippen LogP contribution >= 0.6 is 23.4 Å². The lowest BCUT2D eigenvalue weighted by molar-refractivity contribution is -0.384. The number of hydrogen-bond donors (Lipinski definition) is 2. The van der Waals surface area contributed by atoms with Crippen molar-refractivity contribution in [2.75, 3.05) is 16.4 Å². The number of hydrogen-bond acceptors (Lipinski definition) is 6. The third-order valence-corrected chi connectivity index (χ3v) is 5.05. The van der Waals surface area contributed by atoms with Gasteiger partial charge in [0.1, 0.15) is 5.82 Å². The van der Waals surface area contributed by atoms with Gasteiger partial charge in [-0.25, -0.2) is 4.98 Å². The predicted octanol–water partition coefficient (Wildman–Crippen LogP) is 4.63. The molecule has 0 unspecified atom stereocenters. The van der Waals surface area contributed by atoms with Crippen LogP contribution in [0.4, 0.5) is 17.2 Å². The Labute approximate surface area is 180 Å². The van der Waals surface area contributed by atoms with Crippen molar-refractivity contribution in [1.29, 1.82) is 0 Å². The number of nitro groups is 1. The predicted molar refractivity (Wildman–Crippen MR) is 116 cm³/mol. The number of rotatable bonds is 7. The first-order chi connectivity index (χ1) is 14.4. The molecule has 2 amide bonds. The van der Waals surface area contributed by atoms with Gasteiger partial charge in [0.15, 0.2) is 0 Å². The highest BCUT2D eigenvalue weighted by Crippen LogP contribution is 2.21. The van der Waals surface area contributed by atoms with Crippen molar-refractivity contribution in [2.45, 2.75) is 4.90 Å². The Bertz CT molecular complexity index is 1060. The SMILES string of the molecule is O=C(CSc1ccc(NC(=O)c2ccc([N+](=O)[O-])cc2)cc1)Nc1ccc(Cl)cn1. The number of nitro benzene ring substituents is 1. The maximum Gasteiger partial charge on any atom is 0.269 e. The molecule has 2 N–H and O–H groups in total. The fourth-order valence-electron chi connectivity index (χ4n) is 2.35. The van der Waals surface area contributed by atoms with Crippen LogP contribution in [0, 0.1) is 10.1 Å². The molecule has 0 atom stereocenters. The van der Waals surface area contributed by atoms with E-state index in [0.29, 0.717) is 22.1 Å². The van der Waals surface area contributed by atoms with E-state index < -0.39 is 4.92 Å². The lowest BCUT2D eigenvalue weighted by atomic mass is 10.2. The van der Waals surface area contributed by atoms with Crippen molar-refractivity contribution >= 4 is 52.4 Å². The van der Waals surface area contributed by atoms with Gasteiger partial charge in [0.25, 0.3) is 11.6 Å². The minimum atomic E-state index is -0.523. The van der Waals surface area contributed by atoms with Gasteiger partial charge in [-0.2, -0.15) is 0 Å². The number of thioether (sulfide) groups is 1. The molecule has 0 spiro atoms. The van der Waals surface area contributed by atoms with Gasteiger partial charge in [0.05, 0.1) is 15.7 Å². The summed E-state index contributed by atoms with van der Waals surface area (Å²) >= 11 is 7.09. The van der Waals surface area contributed by atoms with Crippen LogP contribution in [0.25, 0.3) is 0 Å². The van der Waals surface area contributed by atoms with E-state index in [9.17, 15) is 19.7 Å². The molecule has 0 fully saturated rings. The Morgan fingerprint density at radius 1 is 1.00 bits per heavy atom. The molecule has 30 heavy (non-hydrogen) atoms. The number of halogens is 1. The average Bonchev–Trinajstić information content (AvgIpc) is 2.75. The number of nitrogens with zero attached hydrogens (tertiary/aromatic N) is 2. The summed E-state index contributed by atoms with van der Waals surface area (Å²) in [5.74, 6) is 0.0403. The van der Waals surface area contributed by atoms with E-state index in [1.54, 1.807) is 36.4 Å². The first-order valence-electron chi connectivity index (χ1n) is 8.61. The van der Waals surface area contributed by atoms with Crippen LogP contribution in [0.1, 0.15) is 10.4 Å². The van der Waals surface area contributed by atoms with Crippen LogP contribution in [0.5, 0.6) is 0 Å². The number of nitrogens with one attached hydrogen (secondary N) is 2. The van der Waals surface area contributed by atoms with Gasteiger partial charge < -0.3 is 10.6 Å². The standard InChI is InChI=1S/C20H15ClN4O4S/c21-14-3-10-18(22-11-14)24-19(26)12-30-17-8-4-15(5-9-17)23-20(27)13-1-6-16(7-2-13)25(28)29/h1-11H,12H2,(H,23,27)(H,22,24,26). The first-order valence-corrected chi connectivity index (χ1v) is 9.97. The van der Waals surface area contributed by atoms with Gasteiger partial charge in [-0.1, -0.05) is 11.6 Å². The van der Waals surface area contributed by atoms with Gasteiger partial charge in [-0.3, -0.25) is 19.7 Å². The van der Waals surface area contributed by atoms with Crippen LogP contribution in [0.2, 0.25) is 5.02 Å². The highest BCUT2D eigenvalue weighted by molar-refractivity contribution is 8.00. The molecule has 1 aromatic heterocycles. The largest absolute Gasteiger partial charge is 0.322 e. The molecule has 0 radical (unpaired) electrons. The topological polar surface area (TPSA) is 114 Å². The molecule has 0 aliphatic carbocycles. The van der Waals surface area contributed by atoms with Crippen molar-refractivity contribution < 1.29 is 14.5 Å². The highest BCUT2D eigenvalue weighted by atomic mass is 35.5. The van der Waals surface area contributed by atoms with Crippen molar-refractivity contribution in [3.05, 3.63) is 87.6 Å². The monoisotopic (exact) mass is 442 g/mol. The fourth-order valence-corrected chi connectivity index (χ4v) is 3.16. The zero-order valence-corrected chi connectivity index (χ0v) is 16.9. The lowest BCUT2D eigenvalue weighted by Gasteiger charge is -2.07. The Morgan fingerprint density at radius 2 is 1.70 bits per heavy atom. The first kappa shape index (κ1) is 21.3. The number of amides is 2. The van der Waals surface area contributed by atoms with Crippen LogP contribution in [0.3, 0.4) is 0 Å². The third-order valence-electron chi connectivity index (χ3n) is 3.82. The quantitative estimate of drug-likeness (QED) is 0.313. The molecule has 0 bridgehead atoms. The fraction of sp³-hybridized carbons (Fsp3) is 0.0500. The molecule has 0 saturated heterocycles. The van der Waals surface area contributed by atoms with Gasteiger partial charge in [-0.05, 0) is 48.5 Å². The van der Waals surface area contributed by atoms with E-state index in [-0.39, 0.29) is 23.3 Å². The second kappa shape index (κ2) is 9.86. The molecule has 1 heterocycles.